The molecule has 7 heteroatoms. The van der Waals surface area contributed by atoms with E-state index in [1.165, 1.54) is 17.0 Å². The van der Waals surface area contributed by atoms with Crippen LogP contribution in [-0.2, 0) is 9.59 Å². The second-order valence-corrected chi connectivity index (χ2v) is 5.93. The maximum absolute atomic E-state index is 13.4. The zero-order valence-electron chi connectivity index (χ0n) is 13.0. The van der Waals surface area contributed by atoms with Crippen LogP contribution in [0.5, 0.6) is 0 Å². The van der Waals surface area contributed by atoms with Gasteiger partial charge in [-0.1, -0.05) is 6.07 Å². The van der Waals surface area contributed by atoms with Gasteiger partial charge in [0.05, 0.1) is 5.92 Å². The zero-order valence-corrected chi connectivity index (χ0v) is 13.0. The largest absolute Gasteiger partial charge is 0.481 e. The first-order valence-corrected chi connectivity index (χ1v) is 7.71. The lowest BCUT2D eigenvalue weighted by atomic mass is 10.1. The third-order valence-corrected chi connectivity index (χ3v) is 4.23. The Kier molecular flexibility index (Phi) is 3.49. The van der Waals surface area contributed by atoms with Crippen molar-refractivity contribution in [3.63, 3.8) is 0 Å². The number of carboxylic acid groups (broad SMARTS) is 1. The molecular weight excluding hydrogens is 327 g/mol. The number of benzene rings is 2. The van der Waals surface area contributed by atoms with Crippen molar-refractivity contribution in [3.8, 4) is 11.5 Å². The van der Waals surface area contributed by atoms with Gasteiger partial charge in [0, 0.05) is 30.3 Å². The number of rotatable bonds is 3. The third kappa shape index (κ3) is 2.73. The summed E-state index contributed by atoms with van der Waals surface area (Å²) in [5, 5.41) is 9.08. The monoisotopic (exact) mass is 340 g/mol. The van der Waals surface area contributed by atoms with E-state index >= 15 is 0 Å². The molecule has 2 aromatic carbocycles. The van der Waals surface area contributed by atoms with E-state index < -0.39 is 11.9 Å². The maximum Gasteiger partial charge on any atom is 0.308 e. The molecule has 1 saturated heterocycles. The first-order valence-electron chi connectivity index (χ1n) is 7.71. The second kappa shape index (κ2) is 5.70. The van der Waals surface area contributed by atoms with Crippen molar-refractivity contribution in [1.29, 1.82) is 0 Å². The van der Waals surface area contributed by atoms with Crippen molar-refractivity contribution in [1.82, 2.24) is 4.98 Å². The summed E-state index contributed by atoms with van der Waals surface area (Å²) in [5.74, 6) is -2.03. The standard InChI is InChI=1S/C18H13FN2O4/c19-12-3-1-2-10(6-12)17-20-14-5-4-13(8-15(14)25-17)21-9-11(18(23)24)7-16(21)22/h1-6,8,11H,7,9H2,(H,23,24). The Labute approximate surface area is 141 Å². The number of oxazole rings is 1. The highest BCUT2D eigenvalue weighted by atomic mass is 19.1. The summed E-state index contributed by atoms with van der Waals surface area (Å²) in [7, 11) is 0. The number of carboxylic acids is 1. The van der Waals surface area contributed by atoms with E-state index in [4.69, 9.17) is 9.52 Å². The van der Waals surface area contributed by atoms with Crippen LogP contribution in [-0.4, -0.2) is 28.5 Å². The van der Waals surface area contributed by atoms with Crippen LogP contribution in [0.15, 0.2) is 46.9 Å². The fourth-order valence-corrected chi connectivity index (χ4v) is 2.95. The number of fused-ring (bicyclic) bond motifs is 1. The Balaban J connectivity index is 1.69. The highest BCUT2D eigenvalue weighted by Crippen LogP contribution is 2.30. The van der Waals surface area contributed by atoms with Crippen LogP contribution in [0.3, 0.4) is 0 Å². The van der Waals surface area contributed by atoms with Gasteiger partial charge in [-0.25, -0.2) is 9.37 Å². The van der Waals surface area contributed by atoms with Crippen molar-refractivity contribution in [3.05, 3.63) is 48.3 Å². The molecule has 126 valence electrons. The predicted molar refractivity (Wildman–Crippen MR) is 87.5 cm³/mol. The number of nitrogens with zero attached hydrogens (tertiary/aromatic N) is 2. The normalized spacial score (nSPS) is 17.4. The van der Waals surface area contributed by atoms with Gasteiger partial charge < -0.3 is 14.4 Å². The average molecular weight is 340 g/mol. The molecule has 0 radical (unpaired) electrons. The summed E-state index contributed by atoms with van der Waals surface area (Å²) in [6.45, 7) is 0.130. The van der Waals surface area contributed by atoms with Gasteiger partial charge in [-0.05, 0) is 30.3 Å². The van der Waals surface area contributed by atoms with Crippen LogP contribution in [0, 0.1) is 11.7 Å². The number of halogens is 1. The number of hydrogen-bond donors (Lipinski definition) is 1. The molecular formula is C18H13FN2O4. The highest BCUT2D eigenvalue weighted by molar-refractivity contribution is 6.00. The smallest absolute Gasteiger partial charge is 0.308 e. The fourth-order valence-electron chi connectivity index (χ4n) is 2.95. The molecule has 4 rings (SSSR count). The summed E-state index contributed by atoms with van der Waals surface area (Å²) >= 11 is 0. The number of carbonyl (C=O) groups is 2. The van der Waals surface area contributed by atoms with Crippen LogP contribution in [0.1, 0.15) is 6.42 Å². The molecule has 1 atom stereocenters. The third-order valence-electron chi connectivity index (χ3n) is 4.23. The molecule has 0 aliphatic carbocycles. The minimum atomic E-state index is -0.981. The van der Waals surface area contributed by atoms with Crippen LogP contribution >= 0.6 is 0 Å². The number of anilines is 1. The van der Waals surface area contributed by atoms with Crippen LogP contribution in [0.2, 0.25) is 0 Å². The summed E-state index contributed by atoms with van der Waals surface area (Å²) in [5.41, 5.74) is 2.09. The van der Waals surface area contributed by atoms with E-state index in [1.807, 2.05) is 0 Å². The van der Waals surface area contributed by atoms with Crippen molar-refractivity contribution in [2.45, 2.75) is 6.42 Å². The molecule has 1 aromatic heterocycles. The van der Waals surface area contributed by atoms with E-state index in [9.17, 15) is 14.0 Å². The molecule has 1 N–H and O–H groups in total. The van der Waals surface area contributed by atoms with Gasteiger partial charge in [0.1, 0.15) is 11.3 Å². The van der Waals surface area contributed by atoms with Gasteiger partial charge >= 0.3 is 5.97 Å². The van der Waals surface area contributed by atoms with E-state index in [0.717, 1.165) is 0 Å². The molecule has 0 saturated carbocycles. The lowest BCUT2D eigenvalue weighted by molar-refractivity contribution is -0.141. The van der Waals surface area contributed by atoms with Crippen molar-refractivity contribution in [2.24, 2.45) is 5.92 Å². The van der Waals surface area contributed by atoms with E-state index in [2.05, 4.69) is 4.98 Å². The molecule has 1 aliphatic heterocycles. The second-order valence-electron chi connectivity index (χ2n) is 5.93. The van der Waals surface area contributed by atoms with Gasteiger partial charge in [0.15, 0.2) is 5.58 Å². The number of hydrogen-bond acceptors (Lipinski definition) is 4. The van der Waals surface area contributed by atoms with Crippen molar-refractivity contribution in [2.75, 3.05) is 11.4 Å². The first-order chi connectivity index (χ1) is 12.0. The molecule has 0 spiro atoms. The Morgan fingerprint density at radius 2 is 2.12 bits per heavy atom. The minimum absolute atomic E-state index is 0.0156. The predicted octanol–water partition coefficient (Wildman–Crippen LogP) is 3.07. The number of carbonyl (C=O) groups excluding carboxylic acids is 1. The van der Waals surface area contributed by atoms with E-state index in [1.54, 1.807) is 30.3 Å². The summed E-state index contributed by atoms with van der Waals surface area (Å²) in [6.07, 6.45) is -0.0156. The lowest BCUT2D eigenvalue weighted by Crippen LogP contribution is -2.25. The molecule has 3 aromatic rings. The molecule has 25 heavy (non-hydrogen) atoms. The Morgan fingerprint density at radius 1 is 1.28 bits per heavy atom. The SMILES string of the molecule is O=C(O)C1CC(=O)N(c2ccc3nc(-c4cccc(F)c4)oc3c2)C1. The zero-order chi connectivity index (χ0) is 17.6. The minimum Gasteiger partial charge on any atom is -0.481 e. The summed E-state index contributed by atoms with van der Waals surface area (Å²) in [4.78, 5) is 28.9. The van der Waals surface area contributed by atoms with Crippen LogP contribution in [0.4, 0.5) is 10.1 Å². The highest BCUT2D eigenvalue weighted by Gasteiger charge is 2.35. The number of aliphatic carboxylic acids is 1. The van der Waals surface area contributed by atoms with E-state index in [0.29, 0.717) is 22.4 Å². The molecule has 6 nitrogen and oxygen atoms in total. The summed E-state index contributed by atoms with van der Waals surface area (Å²) < 4.78 is 19.0. The summed E-state index contributed by atoms with van der Waals surface area (Å²) in [6, 6.07) is 11.0. The Morgan fingerprint density at radius 3 is 2.84 bits per heavy atom. The topological polar surface area (TPSA) is 83.6 Å². The van der Waals surface area contributed by atoms with Gasteiger partial charge in [0.2, 0.25) is 11.8 Å². The van der Waals surface area contributed by atoms with Crippen molar-refractivity contribution >= 4 is 28.7 Å². The van der Waals surface area contributed by atoms with Gasteiger partial charge in [0.25, 0.3) is 0 Å². The fraction of sp³-hybridized carbons (Fsp3) is 0.167. The van der Waals surface area contributed by atoms with E-state index in [-0.39, 0.29) is 30.6 Å². The number of aromatic nitrogens is 1. The van der Waals surface area contributed by atoms with Gasteiger partial charge in [-0.3, -0.25) is 9.59 Å². The van der Waals surface area contributed by atoms with Crippen LogP contribution in [0.25, 0.3) is 22.6 Å². The molecule has 0 bridgehead atoms. The molecule has 1 unspecified atom stereocenters. The molecule has 1 aliphatic rings. The quantitative estimate of drug-likeness (QED) is 0.792. The maximum atomic E-state index is 13.4. The Bertz CT molecular complexity index is 998. The molecule has 1 fully saturated rings. The van der Waals surface area contributed by atoms with Crippen LogP contribution < -0.4 is 4.90 Å². The number of amides is 1. The molecule has 1 amide bonds. The van der Waals surface area contributed by atoms with Gasteiger partial charge in [-0.15, -0.1) is 0 Å². The molecule has 2 heterocycles. The van der Waals surface area contributed by atoms with Crippen molar-refractivity contribution < 1.29 is 23.5 Å². The lowest BCUT2D eigenvalue weighted by Gasteiger charge is -2.15. The van der Waals surface area contributed by atoms with Gasteiger partial charge in [-0.2, -0.15) is 0 Å². The average Bonchev–Trinajstić information content (AvgIpc) is 3.17. The Hall–Kier alpha value is -3.22. The first kappa shape index (κ1) is 15.3.